The lowest BCUT2D eigenvalue weighted by Gasteiger charge is -2.29. The Labute approximate surface area is 185 Å². The molecule has 1 N–H and O–H groups in total. The van der Waals surface area contributed by atoms with Crippen LogP contribution in [0.3, 0.4) is 0 Å². The first kappa shape index (κ1) is 21.2. The third-order valence-electron chi connectivity index (χ3n) is 4.90. The van der Waals surface area contributed by atoms with Crippen LogP contribution in [0.1, 0.15) is 24.2 Å². The highest BCUT2D eigenvalue weighted by Crippen LogP contribution is 2.34. The number of ether oxygens (including phenoxy) is 1. The number of nitrogens with one attached hydrogen (secondary N) is 1. The highest BCUT2D eigenvalue weighted by molar-refractivity contribution is 7.99. The standard InChI is InChI=1S/C24H24N2O4S/c27-23(10-11-24(28)26-12-14-31-22-9-2-1-8-21(22)26)25-19-6-3-5-18(15-19)16-29-17-20-7-4-13-30-20/h1-9,13,15H,10-12,14,16-17H2,(H,25,27). The molecule has 1 aromatic heterocycles. The smallest absolute Gasteiger partial charge is 0.227 e. The zero-order chi connectivity index (χ0) is 21.5. The van der Waals surface area contributed by atoms with E-state index in [0.29, 0.717) is 25.4 Å². The maximum absolute atomic E-state index is 12.7. The van der Waals surface area contributed by atoms with Crippen molar-refractivity contribution in [1.29, 1.82) is 0 Å². The molecule has 0 atom stereocenters. The van der Waals surface area contributed by atoms with Crippen LogP contribution < -0.4 is 10.2 Å². The van der Waals surface area contributed by atoms with Gasteiger partial charge in [0.25, 0.3) is 0 Å². The molecule has 0 radical (unpaired) electrons. The fourth-order valence-electron chi connectivity index (χ4n) is 3.41. The van der Waals surface area contributed by atoms with Gasteiger partial charge in [-0.25, -0.2) is 0 Å². The number of fused-ring (bicyclic) bond motifs is 1. The molecule has 7 heteroatoms. The second-order valence-electron chi connectivity index (χ2n) is 7.18. The van der Waals surface area contributed by atoms with Crippen LogP contribution in [0.15, 0.2) is 76.2 Å². The summed E-state index contributed by atoms with van der Waals surface area (Å²) in [5.74, 6) is 1.43. The van der Waals surface area contributed by atoms with Crippen molar-refractivity contribution in [2.24, 2.45) is 0 Å². The minimum absolute atomic E-state index is 0.0250. The summed E-state index contributed by atoms with van der Waals surface area (Å²) in [4.78, 5) is 28.0. The second kappa shape index (κ2) is 10.3. The van der Waals surface area contributed by atoms with Gasteiger partial charge in [0.1, 0.15) is 12.4 Å². The molecule has 0 spiro atoms. The summed E-state index contributed by atoms with van der Waals surface area (Å²) < 4.78 is 10.9. The molecule has 2 heterocycles. The number of para-hydroxylation sites is 1. The largest absolute Gasteiger partial charge is 0.467 e. The molecule has 2 amide bonds. The maximum Gasteiger partial charge on any atom is 0.227 e. The van der Waals surface area contributed by atoms with Crippen molar-refractivity contribution in [3.05, 3.63) is 78.3 Å². The fourth-order valence-corrected chi connectivity index (χ4v) is 4.41. The molecular weight excluding hydrogens is 412 g/mol. The van der Waals surface area contributed by atoms with E-state index in [0.717, 1.165) is 27.7 Å². The number of rotatable bonds is 8. The van der Waals surface area contributed by atoms with Crippen molar-refractivity contribution in [2.75, 3.05) is 22.5 Å². The molecule has 6 nitrogen and oxygen atoms in total. The molecule has 1 aliphatic rings. The molecule has 3 aromatic rings. The predicted octanol–water partition coefficient (Wildman–Crippen LogP) is 4.85. The van der Waals surface area contributed by atoms with Crippen molar-refractivity contribution in [1.82, 2.24) is 0 Å². The van der Waals surface area contributed by atoms with Crippen LogP contribution in [0.2, 0.25) is 0 Å². The molecule has 160 valence electrons. The first-order valence-electron chi connectivity index (χ1n) is 10.2. The molecule has 0 bridgehead atoms. The van der Waals surface area contributed by atoms with E-state index in [1.165, 1.54) is 0 Å². The predicted molar refractivity (Wildman–Crippen MR) is 121 cm³/mol. The van der Waals surface area contributed by atoms with Crippen molar-refractivity contribution in [2.45, 2.75) is 31.0 Å². The monoisotopic (exact) mass is 436 g/mol. The van der Waals surface area contributed by atoms with E-state index in [4.69, 9.17) is 9.15 Å². The number of hydrogen-bond donors (Lipinski definition) is 1. The minimum atomic E-state index is -0.179. The van der Waals surface area contributed by atoms with Gasteiger partial charge in [0.2, 0.25) is 11.8 Å². The quantitative estimate of drug-likeness (QED) is 0.546. The van der Waals surface area contributed by atoms with Gasteiger partial charge >= 0.3 is 0 Å². The summed E-state index contributed by atoms with van der Waals surface area (Å²) in [5.41, 5.74) is 2.57. The Morgan fingerprint density at radius 2 is 1.94 bits per heavy atom. The van der Waals surface area contributed by atoms with E-state index >= 15 is 0 Å². The van der Waals surface area contributed by atoms with Crippen LogP contribution in [-0.2, 0) is 27.5 Å². The molecule has 4 rings (SSSR count). The summed E-state index contributed by atoms with van der Waals surface area (Å²) in [5, 5.41) is 2.88. The van der Waals surface area contributed by atoms with E-state index in [2.05, 4.69) is 5.32 Å². The summed E-state index contributed by atoms with van der Waals surface area (Å²) in [6.45, 7) is 1.47. The van der Waals surface area contributed by atoms with Crippen LogP contribution in [0.5, 0.6) is 0 Å². The lowest BCUT2D eigenvalue weighted by molar-refractivity contribution is -0.122. The first-order chi connectivity index (χ1) is 15.2. The molecule has 31 heavy (non-hydrogen) atoms. The van der Waals surface area contributed by atoms with Gasteiger partial charge in [-0.3, -0.25) is 9.59 Å². The van der Waals surface area contributed by atoms with Crippen molar-refractivity contribution in [3.8, 4) is 0 Å². The number of thioether (sulfide) groups is 1. The summed E-state index contributed by atoms with van der Waals surface area (Å²) >= 11 is 1.75. The lowest BCUT2D eigenvalue weighted by atomic mass is 10.2. The van der Waals surface area contributed by atoms with Crippen molar-refractivity contribution in [3.63, 3.8) is 0 Å². The van der Waals surface area contributed by atoms with Gasteiger partial charge in [0, 0.05) is 35.7 Å². The molecule has 0 saturated heterocycles. The zero-order valence-corrected chi connectivity index (χ0v) is 17.9. The third kappa shape index (κ3) is 5.77. The van der Waals surface area contributed by atoms with Crippen LogP contribution in [0.25, 0.3) is 0 Å². The van der Waals surface area contributed by atoms with E-state index in [-0.39, 0.29) is 24.7 Å². The number of carbonyl (C=O) groups is 2. The average molecular weight is 437 g/mol. The Morgan fingerprint density at radius 3 is 2.81 bits per heavy atom. The van der Waals surface area contributed by atoms with Crippen LogP contribution in [0, 0.1) is 0 Å². The van der Waals surface area contributed by atoms with Crippen molar-refractivity contribution < 1.29 is 18.7 Å². The van der Waals surface area contributed by atoms with Crippen LogP contribution in [-0.4, -0.2) is 24.1 Å². The van der Waals surface area contributed by atoms with Gasteiger partial charge in [0.05, 0.1) is 18.6 Å². The van der Waals surface area contributed by atoms with E-state index in [1.54, 1.807) is 22.9 Å². The maximum atomic E-state index is 12.7. The Hall–Kier alpha value is -3.03. The van der Waals surface area contributed by atoms with Gasteiger partial charge in [0.15, 0.2) is 0 Å². The van der Waals surface area contributed by atoms with E-state index in [9.17, 15) is 9.59 Å². The van der Waals surface area contributed by atoms with Crippen LogP contribution in [0.4, 0.5) is 11.4 Å². The van der Waals surface area contributed by atoms with Gasteiger partial charge in [-0.2, -0.15) is 0 Å². The molecule has 0 fully saturated rings. The molecular formula is C24H24N2O4S. The van der Waals surface area contributed by atoms with Gasteiger partial charge in [-0.05, 0) is 42.0 Å². The van der Waals surface area contributed by atoms with Crippen molar-refractivity contribution >= 4 is 35.0 Å². The molecule has 0 aliphatic carbocycles. The van der Waals surface area contributed by atoms with Gasteiger partial charge in [-0.1, -0.05) is 24.3 Å². The Bertz CT molecular complexity index is 1040. The molecule has 2 aromatic carbocycles. The van der Waals surface area contributed by atoms with Crippen LogP contribution >= 0.6 is 11.8 Å². The summed E-state index contributed by atoms with van der Waals surface area (Å²) in [7, 11) is 0. The average Bonchev–Trinajstić information content (AvgIpc) is 3.31. The summed E-state index contributed by atoms with van der Waals surface area (Å²) in [6, 6.07) is 19.1. The molecule has 0 unspecified atom stereocenters. The van der Waals surface area contributed by atoms with Gasteiger partial charge in [-0.15, -0.1) is 11.8 Å². The number of carbonyl (C=O) groups excluding carboxylic acids is 2. The van der Waals surface area contributed by atoms with Gasteiger partial charge < -0.3 is 19.4 Å². The number of amides is 2. The Balaban J connectivity index is 1.26. The topological polar surface area (TPSA) is 71.8 Å². The molecule has 0 saturated carbocycles. The number of benzene rings is 2. The molecule has 1 aliphatic heterocycles. The zero-order valence-electron chi connectivity index (χ0n) is 17.1. The number of furan rings is 1. The number of hydrogen-bond acceptors (Lipinski definition) is 5. The Morgan fingerprint density at radius 1 is 1.03 bits per heavy atom. The number of anilines is 2. The third-order valence-corrected chi connectivity index (χ3v) is 5.94. The lowest BCUT2D eigenvalue weighted by Crippen LogP contribution is -2.35. The first-order valence-corrected chi connectivity index (χ1v) is 11.2. The SMILES string of the molecule is O=C(CCC(=O)N1CCSc2ccccc21)Nc1cccc(COCc2ccco2)c1. The number of nitrogens with zero attached hydrogens (tertiary/aromatic N) is 1. The highest BCUT2D eigenvalue weighted by atomic mass is 32.2. The fraction of sp³-hybridized carbons (Fsp3) is 0.250. The Kier molecular flexibility index (Phi) is 7.07. The summed E-state index contributed by atoms with van der Waals surface area (Å²) in [6.07, 6.45) is 1.93. The van der Waals surface area contributed by atoms with E-state index in [1.807, 2.05) is 60.7 Å². The van der Waals surface area contributed by atoms with E-state index < -0.39 is 0 Å². The second-order valence-corrected chi connectivity index (χ2v) is 8.32. The minimum Gasteiger partial charge on any atom is -0.467 e. The highest BCUT2D eigenvalue weighted by Gasteiger charge is 2.22. The normalized spacial score (nSPS) is 13.0.